The Morgan fingerprint density at radius 1 is 0.488 bits per heavy atom. The molecule has 0 unspecified atom stereocenters. The molecular formula is C37H22FN3. The highest BCUT2D eigenvalue weighted by Gasteiger charge is 2.21. The van der Waals surface area contributed by atoms with Gasteiger partial charge in [-0.05, 0) is 42.5 Å². The van der Waals surface area contributed by atoms with Crippen molar-refractivity contribution in [2.75, 3.05) is 0 Å². The van der Waals surface area contributed by atoms with Crippen molar-refractivity contribution in [1.82, 2.24) is 9.13 Å². The second-order valence-electron chi connectivity index (χ2n) is 10.2. The Balaban J connectivity index is 1.40. The van der Waals surface area contributed by atoms with E-state index in [1.807, 2.05) is 89.5 Å². The maximum atomic E-state index is 15.9. The lowest BCUT2D eigenvalue weighted by Crippen LogP contribution is -2.02. The molecule has 0 fully saturated rings. The zero-order chi connectivity index (χ0) is 27.5. The van der Waals surface area contributed by atoms with Crippen molar-refractivity contribution >= 4 is 43.6 Å². The quantitative estimate of drug-likeness (QED) is 0.225. The molecule has 4 heteroatoms. The summed E-state index contributed by atoms with van der Waals surface area (Å²) in [4.78, 5) is 0. The Morgan fingerprint density at radius 2 is 0.976 bits per heavy atom. The number of fused-ring (bicyclic) bond motifs is 6. The number of nitrogens with zero attached hydrogens (tertiary/aromatic N) is 3. The van der Waals surface area contributed by atoms with Gasteiger partial charge >= 0.3 is 0 Å². The minimum Gasteiger partial charge on any atom is -0.309 e. The molecule has 0 radical (unpaired) electrons. The van der Waals surface area contributed by atoms with Crippen molar-refractivity contribution < 1.29 is 4.39 Å². The lowest BCUT2D eigenvalue weighted by Gasteiger charge is -2.17. The zero-order valence-electron chi connectivity index (χ0n) is 21.9. The number of nitriles is 1. The van der Waals surface area contributed by atoms with Gasteiger partial charge in [0.1, 0.15) is 5.82 Å². The lowest BCUT2D eigenvalue weighted by molar-refractivity contribution is 0.621. The van der Waals surface area contributed by atoms with Gasteiger partial charge in [0.05, 0.1) is 39.4 Å². The van der Waals surface area contributed by atoms with Crippen LogP contribution < -0.4 is 0 Å². The van der Waals surface area contributed by atoms with Gasteiger partial charge in [-0.15, -0.1) is 0 Å². The number of hydrogen-bond donors (Lipinski definition) is 0. The largest absolute Gasteiger partial charge is 0.309 e. The Morgan fingerprint density at radius 3 is 1.49 bits per heavy atom. The van der Waals surface area contributed by atoms with Crippen LogP contribution in [0.25, 0.3) is 66.1 Å². The van der Waals surface area contributed by atoms with Gasteiger partial charge in [0.2, 0.25) is 0 Å². The van der Waals surface area contributed by atoms with Gasteiger partial charge in [-0.25, -0.2) is 4.39 Å². The van der Waals surface area contributed by atoms with Gasteiger partial charge in [-0.1, -0.05) is 91.0 Å². The van der Waals surface area contributed by atoms with Gasteiger partial charge < -0.3 is 9.13 Å². The summed E-state index contributed by atoms with van der Waals surface area (Å²) in [7, 11) is 0. The number of rotatable bonds is 3. The van der Waals surface area contributed by atoms with Crippen molar-refractivity contribution in [3.8, 4) is 28.6 Å². The molecule has 0 amide bonds. The van der Waals surface area contributed by atoms with E-state index in [9.17, 15) is 5.26 Å². The Labute approximate surface area is 235 Å². The highest BCUT2D eigenvalue weighted by Crippen LogP contribution is 2.39. The van der Waals surface area contributed by atoms with Crippen LogP contribution in [0.2, 0.25) is 0 Å². The highest BCUT2D eigenvalue weighted by molar-refractivity contribution is 6.10. The van der Waals surface area contributed by atoms with Crippen LogP contribution in [0.3, 0.4) is 0 Å². The van der Waals surface area contributed by atoms with E-state index in [2.05, 4.69) is 47.0 Å². The molecule has 41 heavy (non-hydrogen) atoms. The molecule has 8 rings (SSSR count). The fourth-order valence-electron chi connectivity index (χ4n) is 6.32. The molecule has 0 bridgehead atoms. The zero-order valence-corrected chi connectivity index (χ0v) is 21.9. The third-order valence-electron chi connectivity index (χ3n) is 8.04. The van der Waals surface area contributed by atoms with Crippen LogP contribution in [0.5, 0.6) is 0 Å². The Hall–Kier alpha value is -5.66. The summed E-state index contributed by atoms with van der Waals surface area (Å²) >= 11 is 0. The minimum atomic E-state index is -0.343. The molecule has 0 aliphatic carbocycles. The van der Waals surface area contributed by atoms with E-state index < -0.39 is 0 Å². The fraction of sp³-hybridized carbons (Fsp3) is 0. The summed E-state index contributed by atoms with van der Waals surface area (Å²) < 4.78 is 20.1. The monoisotopic (exact) mass is 527 g/mol. The molecule has 3 nitrogen and oxygen atoms in total. The fourth-order valence-corrected chi connectivity index (χ4v) is 6.32. The van der Waals surface area contributed by atoms with Crippen LogP contribution in [-0.2, 0) is 0 Å². The van der Waals surface area contributed by atoms with Gasteiger partial charge in [-0.3, -0.25) is 0 Å². The Kier molecular flexibility index (Phi) is 5.07. The smallest absolute Gasteiger partial charge is 0.147 e. The van der Waals surface area contributed by atoms with Crippen molar-refractivity contribution in [3.63, 3.8) is 0 Å². The molecule has 192 valence electrons. The number of benzene rings is 6. The molecule has 0 aliphatic rings. The number of halogens is 1. The molecule has 0 spiro atoms. The van der Waals surface area contributed by atoms with Crippen LogP contribution in [-0.4, -0.2) is 9.13 Å². The highest BCUT2D eigenvalue weighted by atomic mass is 19.1. The van der Waals surface area contributed by atoms with Crippen molar-refractivity contribution in [2.24, 2.45) is 0 Å². The van der Waals surface area contributed by atoms with Crippen molar-refractivity contribution in [2.45, 2.75) is 0 Å². The molecule has 6 aromatic carbocycles. The predicted molar refractivity (Wildman–Crippen MR) is 165 cm³/mol. The average Bonchev–Trinajstić information content (AvgIpc) is 3.54. The molecule has 0 saturated carbocycles. The summed E-state index contributed by atoms with van der Waals surface area (Å²) in [6.45, 7) is 0. The van der Waals surface area contributed by atoms with E-state index in [1.165, 1.54) is 6.07 Å². The first-order chi connectivity index (χ1) is 20.2. The molecule has 0 saturated heterocycles. The number of para-hydroxylation sites is 5. The predicted octanol–water partition coefficient (Wildman–Crippen LogP) is 9.56. The standard InChI is InChI=1S/C37H22FN3/c38-32-15-9-14-31(37(32)41-35-18-7-3-12-29(35)30-13-4-8-19-36(30)41)26-21-20-25(22-24(26)23-39)40-33-16-5-1-10-27(33)28-11-2-6-17-34(28)40/h1-22H. The van der Waals surface area contributed by atoms with E-state index in [0.29, 0.717) is 22.4 Å². The van der Waals surface area contributed by atoms with Crippen LogP contribution >= 0.6 is 0 Å². The summed E-state index contributed by atoms with van der Waals surface area (Å²) in [5, 5.41) is 14.8. The first-order valence-corrected chi connectivity index (χ1v) is 13.5. The van der Waals surface area contributed by atoms with Crippen LogP contribution in [0.1, 0.15) is 5.56 Å². The summed E-state index contributed by atoms with van der Waals surface area (Å²) in [6, 6.07) is 46.1. The third-order valence-corrected chi connectivity index (χ3v) is 8.04. The minimum absolute atomic E-state index is 0.343. The second-order valence-corrected chi connectivity index (χ2v) is 10.2. The second kappa shape index (κ2) is 8.94. The van der Waals surface area contributed by atoms with Crippen LogP contribution in [0.15, 0.2) is 133 Å². The van der Waals surface area contributed by atoms with Crippen LogP contribution in [0, 0.1) is 17.1 Å². The molecule has 2 aromatic heterocycles. The average molecular weight is 528 g/mol. The topological polar surface area (TPSA) is 33.6 Å². The van der Waals surface area contributed by atoms with E-state index in [1.54, 1.807) is 6.07 Å². The molecule has 2 heterocycles. The van der Waals surface area contributed by atoms with E-state index in [-0.39, 0.29) is 5.82 Å². The summed E-state index contributed by atoms with van der Waals surface area (Å²) in [6.07, 6.45) is 0. The summed E-state index contributed by atoms with van der Waals surface area (Å²) in [5.74, 6) is -0.343. The first-order valence-electron chi connectivity index (χ1n) is 13.5. The normalized spacial score (nSPS) is 11.5. The van der Waals surface area contributed by atoms with Gasteiger partial charge in [0, 0.05) is 38.4 Å². The van der Waals surface area contributed by atoms with E-state index in [4.69, 9.17) is 0 Å². The lowest BCUT2D eigenvalue weighted by atomic mass is 9.97. The molecule has 0 N–H and O–H groups in total. The van der Waals surface area contributed by atoms with Crippen molar-refractivity contribution in [3.05, 3.63) is 145 Å². The van der Waals surface area contributed by atoms with Gasteiger partial charge in [0.25, 0.3) is 0 Å². The van der Waals surface area contributed by atoms with Crippen molar-refractivity contribution in [1.29, 1.82) is 5.26 Å². The number of aromatic nitrogens is 2. The maximum absolute atomic E-state index is 15.9. The third kappa shape index (κ3) is 3.36. The van der Waals surface area contributed by atoms with Crippen LogP contribution in [0.4, 0.5) is 4.39 Å². The number of hydrogen-bond acceptors (Lipinski definition) is 1. The first kappa shape index (κ1) is 23.2. The van der Waals surface area contributed by atoms with Gasteiger partial charge in [-0.2, -0.15) is 5.26 Å². The van der Waals surface area contributed by atoms with E-state index >= 15 is 4.39 Å². The summed E-state index contributed by atoms with van der Waals surface area (Å²) in [5.41, 5.74) is 7.14. The van der Waals surface area contributed by atoms with Gasteiger partial charge in [0.15, 0.2) is 0 Å². The maximum Gasteiger partial charge on any atom is 0.147 e. The SMILES string of the molecule is N#Cc1cc(-n2c3ccccc3c3ccccc32)ccc1-c1cccc(F)c1-n1c2ccccc2c2ccccc21. The molecule has 8 aromatic rings. The Bertz CT molecular complexity index is 2240. The molecular weight excluding hydrogens is 505 g/mol. The molecule has 0 atom stereocenters. The molecule has 0 aliphatic heterocycles. The van der Waals surface area contributed by atoms with E-state index in [0.717, 1.165) is 49.3 Å².